The molecule has 1 aromatic heterocycles. The van der Waals surface area contributed by atoms with E-state index in [4.69, 9.17) is 0 Å². The molecule has 1 unspecified atom stereocenters. The third-order valence-corrected chi connectivity index (χ3v) is 3.85. The maximum Gasteiger partial charge on any atom is 0.101 e. The summed E-state index contributed by atoms with van der Waals surface area (Å²) in [5.41, 5.74) is 2.99. The van der Waals surface area contributed by atoms with Gasteiger partial charge in [0.15, 0.2) is 0 Å². The van der Waals surface area contributed by atoms with Crippen LogP contribution in [0.5, 0.6) is 0 Å². The Kier molecular flexibility index (Phi) is 7.18. The number of unbranched alkanes of at least 4 members (excludes halogenated alkanes) is 3. The molecule has 0 aliphatic rings. The zero-order valence-electron chi connectivity index (χ0n) is 12.6. The average molecular weight is 258 g/mol. The summed E-state index contributed by atoms with van der Waals surface area (Å²) < 4.78 is 0. The normalized spacial score (nSPS) is 12.1. The van der Waals surface area contributed by atoms with Crippen LogP contribution in [-0.4, -0.2) is 4.98 Å². The summed E-state index contributed by atoms with van der Waals surface area (Å²) in [4.78, 5) is 4.33. The van der Waals surface area contributed by atoms with Gasteiger partial charge in [0.1, 0.15) is 6.07 Å². The molecule has 0 aliphatic heterocycles. The standard InChI is InChI=1S/C17H26N2/c1-4-7-8-9-10-14(5-2)15-11-12-19-17(6-3)16(15)13-18/h11-12,14H,4-10H2,1-3H3. The molecule has 0 amide bonds. The Morgan fingerprint density at radius 1 is 1.21 bits per heavy atom. The molecule has 1 rings (SSSR count). The van der Waals surface area contributed by atoms with Crippen molar-refractivity contribution in [2.75, 3.05) is 0 Å². The van der Waals surface area contributed by atoms with Crippen LogP contribution in [0, 0.1) is 11.3 Å². The van der Waals surface area contributed by atoms with E-state index in [-0.39, 0.29) is 0 Å². The van der Waals surface area contributed by atoms with Crippen molar-refractivity contribution in [3.63, 3.8) is 0 Å². The summed E-state index contributed by atoms with van der Waals surface area (Å²) in [7, 11) is 0. The molecular weight excluding hydrogens is 232 g/mol. The summed E-state index contributed by atoms with van der Waals surface area (Å²) >= 11 is 0. The van der Waals surface area contributed by atoms with Crippen LogP contribution in [0.1, 0.15) is 82.0 Å². The predicted molar refractivity (Wildman–Crippen MR) is 80.1 cm³/mol. The second-order valence-electron chi connectivity index (χ2n) is 5.14. The number of aryl methyl sites for hydroxylation is 1. The van der Waals surface area contributed by atoms with Crippen LogP contribution >= 0.6 is 0 Å². The molecular formula is C17H26N2. The van der Waals surface area contributed by atoms with Crippen molar-refractivity contribution in [1.82, 2.24) is 4.98 Å². The summed E-state index contributed by atoms with van der Waals surface area (Å²) in [6.07, 6.45) is 10.2. The molecule has 0 fully saturated rings. The molecule has 19 heavy (non-hydrogen) atoms. The summed E-state index contributed by atoms with van der Waals surface area (Å²) in [5, 5.41) is 9.39. The molecule has 2 nitrogen and oxygen atoms in total. The number of nitriles is 1. The first-order valence-electron chi connectivity index (χ1n) is 7.66. The average Bonchev–Trinajstić information content (AvgIpc) is 2.46. The maximum atomic E-state index is 9.39. The molecule has 0 spiro atoms. The topological polar surface area (TPSA) is 36.7 Å². The van der Waals surface area contributed by atoms with Crippen molar-refractivity contribution >= 4 is 0 Å². The Morgan fingerprint density at radius 2 is 2.00 bits per heavy atom. The highest BCUT2D eigenvalue weighted by atomic mass is 14.7. The van der Waals surface area contributed by atoms with Crippen molar-refractivity contribution < 1.29 is 0 Å². The van der Waals surface area contributed by atoms with E-state index in [0.717, 1.165) is 24.1 Å². The molecule has 0 radical (unpaired) electrons. The van der Waals surface area contributed by atoms with E-state index in [1.165, 1.54) is 37.7 Å². The highest BCUT2D eigenvalue weighted by Crippen LogP contribution is 2.29. The van der Waals surface area contributed by atoms with Crippen LogP contribution in [-0.2, 0) is 6.42 Å². The summed E-state index contributed by atoms with van der Waals surface area (Å²) in [6.45, 7) is 6.52. The molecule has 1 aromatic rings. The Labute approximate surface area is 117 Å². The van der Waals surface area contributed by atoms with Gasteiger partial charge >= 0.3 is 0 Å². The first-order valence-corrected chi connectivity index (χ1v) is 7.66. The van der Waals surface area contributed by atoms with Gasteiger partial charge in [0.25, 0.3) is 0 Å². The van der Waals surface area contributed by atoms with E-state index in [1.807, 2.05) is 12.3 Å². The van der Waals surface area contributed by atoms with Gasteiger partial charge in [0, 0.05) is 6.20 Å². The number of hydrogen-bond donors (Lipinski definition) is 0. The SMILES string of the molecule is CCCCCCC(CC)c1ccnc(CC)c1C#N. The van der Waals surface area contributed by atoms with Gasteiger partial charge in [-0.05, 0) is 36.8 Å². The first-order chi connectivity index (χ1) is 9.28. The van der Waals surface area contributed by atoms with Crippen LogP contribution in [0.2, 0.25) is 0 Å². The quantitative estimate of drug-likeness (QED) is 0.617. The molecule has 1 atom stereocenters. The van der Waals surface area contributed by atoms with E-state index in [9.17, 15) is 5.26 Å². The van der Waals surface area contributed by atoms with Gasteiger partial charge < -0.3 is 0 Å². The van der Waals surface area contributed by atoms with Gasteiger partial charge in [-0.1, -0.05) is 46.5 Å². The van der Waals surface area contributed by atoms with Gasteiger partial charge in [0.05, 0.1) is 11.3 Å². The van der Waals surface area contributed by atoms with Crippen molar-refractivity contribution in [2.24, 2.45) is 0 Å². The Morgan fingerprint density at radius 3 is 2.58 bits per heavy atom. The summed E-state index contributed by atoms with van der Waals surface area (Å²) in [6, 6.07) is 4.42. The predicted octanol–water partition coefficient (Wildman–Crippen LogP) is 4.98. The second-order valence-corrected chi connectivity index (χ2v) is 5.14. The highest BCUT2D eigenvalue weighted by Gasteiger charge is 2.16. The number of rotatable bonds is 8. The smallest absolute Gasteiger partial charge is 0.101 e. The van der Waals surface area contributed by atoms with Crippen LogP contribution in [0.25, 0.3) is 0 Å². The summed E-state index contributed by atoms with van der Waals surface area (Å²) in [5.74, 6) is 0.514. The molecule has 0 N–H and O–H groups in total. The molecule has 0 aromatic carbocycles. The largest absolute Gasteiger partial charge is 0.260 e. The van der Waals surface area contributed by atoms with Gasteiger partial charge in [-0.2, -0.15) is 5.26 Å². The fourth-order valence-corrected chi connectivity index (χ4v) is 2.66. The van der Waals surface area contributed by atoms with Crippen molar-refractivity contribution in [3.8, 4) is 6.07 Å². The first kappa shape index (κ1) is 15.7. The molecule has 0 bridgehead atoms. The molecule has 0 aliphatic carbocycles. The number of aromatic nitrogens is 1. The molecule has 2 heteroatoms. The minimum absolute atomic E-state index is 0.514. The third-order valence-electron chi connectivity index (χ3n) is 3.85. The third kappa shape index (κ3) is 4.35. The Balaban J connectivity index is 2.83. The van der Waals surface area contributed by atoms with Crippen LogP contribution in [0.15, 0.2) is 12.3 Å². The fourth-order valence-electron chi connectivity index (χ4n) is 2.66. The number of hydrogen-bond acceptors (Lipinski definition) is 2. The van der Waals surface area contributed by atoms with Gasteiger partial charge in [-0.25, -0.2) is 0 Å². The minimum atomic E-state index is 0.514. The van der Waals surface area contributed by atoms with Crippen molar-refractivity contribution in [1.29, 1.82) is 5.26 Å². The van der Waals surface area contributed by atoms with Crippen LogP contribution in [0.3, 0.4) is 0 Å². The molecule has 104 valence electrons. The molecule has 0 saturated heterocycles. The zero-order valence-corrected chi connectivity index (χ0v) is 12.6. The van der Waals surface area contributed by atoms with Crippen molar-refractivity contribution in [3.05, 3.63) is 29.1 Å². The highest BCUT2D eigenvalue weighted by molar-refractivity contribution is 5.42. The van der Waals surface area contributed by atoms with E-state index in [0.29, 0.717) is 5.92 Å². The lowest BCUT2D eigenvalue weighted by molar-refractivity contribution is 0.541. The fraction of sp³-hybridized carbons (Fsp3) is 0.647. The lowest BCUT2D eigenvalue weighted by Gasteiger charge is -2.17. The van der Waals surface area contributed by atoms with Crippen LogP contribution in [0.4, 0.5) is 0 Å². The van der Waals surface area contributed by atoms with Gasteiger partial charge in [0.2, 0.25) is 0 Å². The lowest BCUT2D eigenvalue weighted by atomic mass is 9.87. The van der Waals surface area contributed by atoms with E-state index >= 15 is 0 Å². The molecule has 1 heterocycles. The maximum absolute atomic E-state index is 9.39. The van der Waals surface area contributed by atoms with Gasteiger partial charge in [-0.3, -0.25) is 4.98 Å². The van der Waals surface area contributed by atoms with E-state index in [1.54, 1.807) is 0 Å². The Bertz CT molecular complexity index is 418. The monoisotopic (exact) mass is 258 g/mol. The molecule has 0 saturated carbocycles. The zero-order chi connectivity index (χ0) is 14.1. The number of pyridine rings is 1. The van der Waals surface area contributed by atoms with Crippen molar-refractivity contribution in [2.45, 2.75) is 71.6 Å². The lowest BCUT2D eigenvalue weighted by Crippen LogP contribution is -2.05. The van der Waals surface area contributed by atoms with E-state index < -0.39 is 0 Å². The Hall–Kier alpha value is -1.36. The second kappa shape index (κ2) is 8.69. The minimum Gasteiger partial charge on any atom is -0.260 e. The van der Waals surface area contributed by atoms with Crippen LogP contribution < -0.4 is 0 Å². The number of nitrogens with zero attached hydrogens (tertiary/aromatic N) is 2. The van der Waals surface area contributed by atoms with E-state index in [2.05, 4.69) is 31.8 Å². The van der Waals surface area contributed by atoms with Gasteiger partial charge in [-0.15, -0.1) is 0 Å².